The fourth-order valence-corrected chi connectivity index (χ4v) is 4.23. The maximum Gasteiger partial charge on any atom is 0.188 e. The Morgan fingerprint density at radius 1 is 1.23 bits per heavy atom. The smallest absolute Gasteiger partial charge is 0.188 e. The molecule has 1 saturated carbocycles. The predicted octanol–water partition coefficient (Wildman–Crippen LogP) is 2.74. The maximum absolute atomic E-state index is 5.94. The molecule has 4 rings (SSSR count). The van der Waals surface area contributed by atoms with E-state index in [0.29, 0.717) is 12.1 Å². The van der Waals surface area contributed by atoms with Gasteiger partial charge in [0.2, 0.25) is 0 Å². The van der Waals surface area contributed by atoms with Crippen LogP contribution in [0.1, 0.15) is 31.4 Å². The SMILES string of the molecule is c1cnc(-c2nc(CN3CCO[C@@H]4CCCC[C@@H]43)cs2)nc1. The van der Waals surface area contributed by atoms with E-state index in [1.54, 1.807) is 23.7 Å². The van der Waals surface area contributed by atoms with Gasteiger partial charge in [-0.3, -0.25) is 4.90 Å². The monoisotopic (exact) mass is 316 g/mol. The molecule has 0 unspecified atom stereocenters. The molecule has 0 bridgehead atoms. The van der Waals surface area contributed by atoms with Crippen LogP contribution >= 0.6 is 11.3 Å². The van der Waals surface area contributed by atoms with Gasteiger partial charge in [0.15, 0.2) is 10.8 Å². The summed E-state index contributed by atoms with van der Waals surface area (Å²) >= 11 is 1.63. The number of morpholine rings is 1. The van der Waals surface area contributed by atoms with Crippen LogP contribution in [0.2, 0.25) is 0 Å². The van der Waals surface area contributed by atoms with Gasteiger partial charge in [-0.05, 0) is 18.9 Å². The highest BCUT2D eigenvalue weighted by Crippen LogP contribution is 2.30. The maximum atomic E-state index is 5.94. The van der Waals surface area contributed by atoms with E-state index >= 15 is 0 Å². The molecule has 6 heteroatoms. The van der Waals surface area contributed by atoms with Gasteiger partial charge in [-0.15, -0.1) is 11.3 Å². The fraction of sp³-hybridized carbons (Fsp3) is 0.562. The topological polar surface area (TPSA) is 51.1 Å². The minimum Gasteiger partial charge on any atom is -0.375 e. The van der Waals surface area contributed by atoms with Crippen LogP contribution in [0.3, 0.4) is 0 Å². The molecule has 2 aliphatic rings. The third kappa shape index (κ3) is 2.91. The lowest BCUT2D eigenvalue weighted by Crippen LogP contribution is -2.52. The average molecular weight is 316 g/mol. The van der Waals surface area contributed by atoms with Crippen molar-refractivity contribution in [1.82, 2.24) is 19.9 Å². The molecule has 0 amide bonds. The first kappa shape index (κ1) is 14.2. The molecule has 2 aromatic heterocycles. The van der Waals surface area contributed by atoms with Gasteiger partial charge in [0.1, 0.15) is 0 Å². The first-order valence-electron chi connectivity index (χ1n) is 7.97. The van der Waals surface area contributed by atoms with Crippen LogP contribution in [0.4, 0.5) is 0 Å². The normalized spacial score (nSPS) is 25.8. The summed E-state index contributed by atoms with van der Waals surface area (Å²) in [6.07, 6.45) is 9.04. The standard InChI is InChI=1S/C16H20N4OS/c1-2-5-14-13(4-1)20(8-9-21-14)10-12-11-22-16(19-12)15-17-6-3-7-18-15/h3,6-7,11,13-14H,1-2,4-5,8-10H2/t13-,14+/m0/s1. The van der Waals surface area contributed by atoms with Gasteiger partial charge < -0.3 is 4.74 Å². The first-order chi connectivity index (χ1) is 10.9. The summed E-state index contributed by atoms with van der Waals surface area (Å²) in [5, 5.41) is 3.04. The molecule has 5 nitrogen and oxygen atoms in total. The lowest BCUT2D eigenvalue weighted by Gasteiger charge is -2.43. The molecule has 3 heterocycles. The Balaban J connectivity index is 1.48. The zero-order chi connectivity index (χ0) is 14.8. The minimum absolute atomic E-state index is 0.429. The van der Waals surface area contributed by atoms with Crippen molar-refractivity contribution in [2.24, 2.45) is 0 Å². The van der Waals surface area contributed by atoms with E-state index in [0.717, 1.165) is 36.2 Å². The van der Waals surface area contributed by atoms with Crippen molar-refractivity contribution >= 4 is 11.3 Å². The van der Waals surface area contributed by atoms with Gasteiger partial charge in [-0.2, -0.15) is 0 Å². The second kappa shape index (κ2) is 6.40. The van der Waals surface area contributed by atoms with E-state index in [-0.39, 0.29) is 0 Å². The third-order valence-electron chi connectivity index (χ3n) is 4.52. The van der Waals surface area contributed by atoms with Crippen molar-refractivity contribution in [1.29, 1.82) is 0 Å². The summed E-state index contributed by atoms with van der Waals surface area (Å²) < 4.78 is 5.94. The Hall–Kier alpha value is -1.37. The number of aromatic nitrogens is 3. The molecule has 22 heavy (non-hydrogen) atoms. The Labute approximate surface area is 134 Å². The summed E-state index contributed by atoms with van der Waals surface area (Å²) in [5.41, 5.74) is 1.12. The first-order valence-corrected chi connectivity index (χ1v) is 8.85. The van der Waals surface area contributed by atoms with Gasteiger partial charge in [0.25, 0.3) is 0 Å². The highest BCUT2D eigenvalue weighted by atomic mass is 32.1. The van der Waals surface area contributed by atoms with E-state index in [1.807, 2.05) is 6.07 Å². The highest BCUT2D eigenvalue weighted by molar-refractivity contribution is 7.13. The van der Waals surface area contributed by atoms with E-state index in [1.165, 1.54) is 25.7 Å². The Morgan fingerprint density at radius 3 is 3.00 bits per heavy atom. The molecule has 0 spiro atoms. The second-order valence-electron chi connectivity index (χ2n) is 5.95. The summed E-state index contributed by atoms with van der Waals surface area (Å²) in [6, 6.07) is 2.40. The highest BCUT2D eigenvalue weighted by Gasteiger charge is 2.34. The molecule has 1 aliphatic carbocycles. The number of ether oxygens (including phenoxy) is 1. The molecule has 0 radical (unpaired) electrons. The number of rotatable bonds is 3. The molecular formula is C16H20N4OS. The molecular weight excluding hydrogens is 296 g/mol. The summed E-state index contributed by atoms with van der Waals surface area (Å²) in [4.78, 5) is 15.8. The van der Waals surface area contributed by atoms with Crippen LogP contribution < -0.4 is 0 Å². The van der Waals surface area contributed by atoms with Crippen molar-refractivity contribution in [3.8, 4) is 10.8 Å². The Bertz CT molecular complexity index is 616. The number of hydrogen-bond donors (Lipinski definition) is 0. The van der Waals surface area contributed by atoms with Crippen molar-refractivity contribution in [2.75, 3.05) is 13.2 Å². The second-order valence-corrected chi connectivity index (χ2v) is 6.81. The molecule has 1 aliphatic heterocycles. The number of hydrogen-bond acceptors (Lipinski definition) is 6. The molecule has 1 saturated heterocycles. The zero-order valence-electron chi connectivity index (χ0n) is 12.5. The van der Waals surface area contributed by atoms with Gasteiger partial charge in [-0.1, -0.05) is 12.8 Å². The third-order valence-corrected chi connectivity index (χ3v) is 5.41. The van der Waals surface area contributed by atoms with Gasteiger partial charge in [-0.25, -0.2) is 15.0 Å². The van der Waals surface area contributed by atoms with Crippen LogP contribution in [0.25, 0.3) is 10.8 Å². The summed E-state index contributed by atoms with van der Waals surface area (Å²) in [5.74, 6) is 0.719. The summed E-state index contributed by atoms with van der Waals surface area (Å²) in [7, 11) is 0. The van der Waals surface area contributed by atoms with Gasteiger partial charge >= 0.3 is 0 Å². The van der Waals surface area contributed by atoms with Crippen LogP contribution in [-0.4, -0.2) is 45.1 Å². The van der Waals surface area contributed by atoms with E-state index in [2.05, 4.69) is 20.2 Å². The Morgan fingerprint density at radius 2 is 2.09 bits per heavy atom. The molecule has 2 aromatic rings. The van der Waals surface area contributed by atoms with E-state index in [4.69, 9.17) is 9.72 Å². The molecule has 2 atom stereocenters. The number of nitrogens with zero attached hydrogens (tertiary/aromatic N) is 4. The molecule has 2 fully saturated rings. The van der Waals surface area contributed by atoms with Gasteiger partial charge in [0, 0.05) is 36.9 Å². The molecule has 0 aromatic carbocycles. The fourth-order valence-electron chi connectivity index (χ4n) is 3.47. The lowest BCUT2D eigenvalue weighted by molar-refractivity contribution is -0.0914. The van der Waals surface area contributed by atoms with Crippen LogP contribution in [-0.2, 0) is 11.3 Å². The van der Waals surface area contributed by atoms with Crippen LogP contribution in [0.15, 0.2) is 23.8 Å². The summed E-state index contributed by atoms with van der Waals surface area (Å²) in [6.45, 7) is 2.77. The quantitative estimate of drug-likeness (QED) is 0.871. The molecule has 0 N–H and O–H groups in total. The van der Waals surface area contributed by atoms with E-state index in [9.17, 15) is 0 Å². The zero-order valence-corrected chi connectivity index (χ0v) is 13.3. The number of fused-ring (bicyclic) bond motifs is 1. The number of thiazole rings is 1. The van der Waals surface area contributed by atoms with Gasteiger partial charge in [0.05, 0.1) is 18.4 Å². The predicted molar refractivity (Wildman–Crippen MR) is 85.5 cm³/mol. The molecule has 116 valence electrons. The van der Waals surface area contributed by atoms with Crippen molar-refractivity contribution < 1.29 is 4.74 Å². The Kier molecular flexibility index (Phi) is 4.14. The van der Waals surface area contributed by atoms with Crippen molar-refractivity contribution in [3.05, 3.63) is 29.5 Å². The largest absolute Gasteiger partial charge is 0.375 e. The van der Waals surface area contributed by atoms with Crippen molar-refractivity contribution in [2.45, 2.75) is 44.4 Å². The lowest BCUT2D eigenvalue weighted by atomic mass is 9.90. The average Bonchev–Trinajstić information content (AvgIpc) is 3.05. The van der Waals surface area contributed by atoms with E-state index < -0.39 is 0 Å². The van der Waals surface area contributed by atoms with Crippen molar-refractivity contribution in [3.63, 3.8) is 0 Å². The minimum atomic E-state index is 0.429. The van der Waals surface area contributed by atoms with Crippen LogP contribution in [0, 0.1) is 0 Å². The van der Waals surface area contributed by atoms with Crippen LogP contribution in [0.5, 0.6) is 0 Å².